The van der Waals surface area contributed by atoms with Crippen molar-refractivity contribution in [1.29, 1.82) is 0 Å². The molecule has 8 heteroatoms. The summed E-state index contributed by atoms with van der Waals surface area (Å²) in [5.41, 5.74) is -1.18. The first-order chi connectivity index (χ1) is 13.2. The molecule has 0 radical (unpaired) electrons. The second-order valence-electron chi connectivity index (χ2n) is 7.69. The van der Waals surface area contributed by atoms with Crippen molar-refractivity contribution < 1.29 is 23.2 Å². The minimum absolute atomic E-state index is 0.153. The monoisotopic (exact) mass is 393 g/mol. The standard InChI is InChI=1S/C20H25F2N3O3/c1-3-16-15(23-19(28)20(2)9-7-17(26)24-20)8-10-25(16)18(27)11-12-13(21)5-4-6-14(12)22/h4-6,15-16H,3,7-11H2,1-2H3,(H,23,28)(H,24,26)/t15-,16+,20-/m0/s1. The van der Waals surface area contributed by atoms with E-state index < -0.39 is 17.2 Å². The van der Waals surface area contributed by atoms with Crippen LogP contribution in [-0.2, 0) is 20.8 Å². The first-order valence-corrected chi connectivity index (χ1v) is 9.59. The molecule has 3 atom stereocenters. The van der Waals surface area contributed by atoms with Crippen LogP contribution in [0.1, 0.15) is 45.1 Å². The summed E-state index contributed by atoms with van der Waals surface area (Å²) in [4.78, 5) is 38.4. The highest BCUT2D eigenvalue weighted by molar-refractivity contribution is 5.94. The van der Waals surface area contributed by atoms with Gasteiger partial charge in [-0.2, -0.15) is 0 Å². The fourth-order valence-electron chi connectivity index (χ4n) is 4.08. The van der Waals surface area contributed by atoms with Gasteiger partial charge in [0.1, 0.15) is 17.2 Å². The van der Waals surface area contributed by atoms with Gasteiger partial charge in [-0.1, -0.05) is 13.0 Å². The molecule has 2 aliphatic rings. The Bertz CT molecular complexity index is 781. The average Bonchev–Trinajstić information content (AvgIpc) is 3.21. The Morgan fingerprint density at radius 2 is 2.00 bits per heavy atom. The van der Waals surface area contributed by atoms with Crippen molar-refractivity contribution in [2.24, 2.45) is 0 Å². The summed E-state index contributed by atoms with van der Waals surface area (Å²) in [6.45, 7) is 3.99. The van der Waals surface area contributed by atoms with Gasteiger partial charge in [-0.3, -0.25) is 14.4 Å². The molecule has 2 aliphatic heterocycles. The molecule has 6 nitrogen and oxygen atoms in total. The summed E-state index contributed by atoms with van der Waals surface area (Å²) >= 11 is 0. The normalized spacial score (nSPS) is 27.0. The highest BCUT2D eigenvalue weighted by Gasteiger charge is 2.43. The number of carbonyl (C=O) groups is 3. The third-order valence-electron chi connectivity index (χ3n) is 5.76. The summed E-state index contributed by atoms with van der Waals surface area (Å²) in [5, 5.41) is 5.66. The Morgan fingerprint density at radius 1 is 1.32 bits per heavy atom. The summed E-state index contributed by atoms with van der Waals surface area (Å²) in [6, 6.07) is 3.00. The molecule has 152 valence electrons. The third-order valence-corrected chi connectivity index (χ3v) is 5.76. The lowest BCUT2D eigenvalue weighted by atomic mass is 9.97. The molecule has 3 rings (SSSR count). The summed E-state index contributed by atoms with van der Waals surface area (Å²) in [6.07, 6.45) is 1.53. The maximum Gasteiger partial charge on any atom is 0.245 e. The quantitative estimate of drug-likeness (QED) is 0.799. The van der Waals surface area contributed by atoms with Gasteiger partial charge in [-0.05, 0) is 38.3 Å². The van der Waals surface area contributed by atoms with E-state index in [1.54, 1.807) is 11.8 Å². The molecule has 0 spiro atoms. The molecule has 3 amide bonds. The lowest BCUT2D eigenvalue weighted by Gasteiger charge is -2.30. The van der Waals surface area contributed by atoms with E-state index in [1.165, 1.54) is 6.07 Å². The van der Waals surface area contributed by atoms with Gasteiger partial charge >= 0.3 is 0 Å². The largest absolute Gasteiger partial charge is 0.349 e. The Labute approximate surface area is 162 Å². The second-order valence-corrected chi connectivity index (χ2v) is 7.69. The van der Waals surface area contributed by atoms with Gasteiger partial charge < -0.3 is 15.5 Å². The zero-order chi connectivity index (χ0) is 20.5. The number of benzene rings is 1. The van der Waals surface area contributed by atoms with Gasteiger partial charge in [0.2, 0.25) is 17.7 Å². The van der Waals surface area contributed by atoms with E-state index in [-0.39, 0.29) is 41.8 Å². The Balaban J connectivity index is 1.67. The molecule has 2 heterocycles. The zero-order valence-electron chi connectivity index (χ0n) is 16.1. The van der Waals surface area contributed by atoms with Gasteiger partial charge in [0.05, 0.1) is 18.5 Å². The molecule has 0 saturated carbocycles. The number of nitrogens with one attached hydrogen (secondary N) is 2. The van der Waals surface area contributed by atoms with Crippen LogP contribution in [0.15, 0.2) is 18.2 Å². The van der Waals surface area contributed by atoms with Crippen molar-refractivity contribution in [1.82, 2.24) is 15.5 Å². The van der Waals surface area contributed by atoms with Gasteiger partial charge in [-0.15, -0.1) is 0 Å². The Kier molecular flexibility index (Phi) is 5.67. The Hall–Kier alpha value is -2.51. The van der Waals surface area contributed by atoms with Crippen LogP contribution in [0.5, 0.6) is 0 Å². The topological polar surface area (TPSA) is 78.5 Å². The summed E-state index contributed by atoms with van der Waals surface area (Å²) < 4.78 is 27.7. The number of rotatable bonds is 5. The summed E-state index contributed by atoms with van der Waals surface area (Å²) in [7, 11) is 0. The van der Waals surface area contributed by atoms with Crippen LogP contribution in [0.3, 0.4) is 0 Å². The lowest BCUT2D eigenvalue weighted by Crippen LogP contribution is -2.56. The second kappa shape index (κ2) is 7.85. The highest BCUT2D eigenvalue weighted by Crippen LogP contribution is 2.25. The first-order valence-electron chi connectivity index (χ1n) is 9.59. The predicted octanol–water partition coefficient (Wildman–Crippen LogP) is 1.67. The van der Waals surface area contributed by atoms with Crippen molar-refractivity contribution in [3.63, 3.8) is 0 Å². The average molecular weight is 393 g/mol. The van der Waals surface area contributed by atoms with E-state index in [0.717, 1.165) is 12.1 Å². The first kappa shape index (κ1) is 20.2. The SMILES string of the molecule is CC[C@@H]1[C@@H](NC(=O)[C@]2(C)CCC(=O)N2)CCN1C(=O)Cc1c(F)cccc1F. The number of nitrogens with zero attached hydrogens (tertiary/aromatic N) is 1. The van der Waals surface area contributed by atoms with Crippen LogP contribution in [0.2, 0.25) is 0 Å². The van der Waals surface area contributed by atoms with Crippen LogP contribution >= 0.6 is 0 Å². The van der Waals surface area contributed by atoms with Crippen LogP contribution in [0.25, 0.3) is 0 Å². The van der Waals surface area contributed by atoms with E-state index in [1.807, 2.05) is 6.92 Å². The number of amides is 3. The molecule has 0 bridgehead atoms. The van der Waals surface area contributed by atoms with Gasteiger partial charge in [0.15, 0.2) is 0 Å². The van der Waals surface area contributed by atoms with Crippen LogP contribution in [0.4, 0.5) is 8.78 Å². The van der Waals surface area contributed by atoms with Crippen molar-refractivity contribution in [3.05, 3.63) is 35.4 Å². The predicted molar refractivity (Wildman–Crippen MR) is 98.2 cm³/mol. The van der Waals surface area contributed by atoms with Gasteiger partial charge in [0.25, 0.3) is 0 Å². The maximum atomic E-state index is 13.9. The molecule has 28 heavy (non-hydrogen) atoms. The minimum Gasteiger partial charge on any atom is -0.349 e. The number of halogens is 2. The van der Waals surface area contributed by atoms with Crippen LogP contribution in [0, 0.1) is 11.6 Å². The molecule has 1 aromatic rings. The molecule has 1 aromatic carbocycles. The zero-order valence-corrected chi connectivity index (χ0v) is 16.1. The van der Waals surface area contributed by atoms with Crippen molar-refractivity contribution in [2.75, 3.05) is 6.54 Å². The molecule has 2 saturated heterocycles. The van der Waals surface area contributed by atoms with E-state index in [2.05, 4.69) is 10.6 Å². The number of likely N-dealkylation sites (tertiary alicyclic amines) is 1. The molecule has 0 aromatic heterocycles. The number of carbonyl (C=O) groups excluding carboxylic acids is 3. The third kappa shape index (κ3) is 3.86. The van der Waals surface area contributed by atoms with E-state index in [9.17, 15) is 23.2 Å². The van der Waals surface area contributed by atoms with Gasteiger partial charge in [0, 0.05) is 18.5 Å². The molecular formula is C20H25F2N3O3. The summed E-state index contributed by atoms with van der Waals surface area (Å²) in [5.74, 6) is -2.27. The van der Waals surface area contributed by atoms with E-state index in [0.29, 0.717) is 32.2 Å². The lowest BCUT2D eigenvalue weighted by molar-refractivity contribution is -0.133. The van der Waals surface area contributed by atoms with Crippen molar-refractivity contribution in [2.45, 2.75) is 63.6 Å². The molecular weight excluding hydrogens is 368 g/mol. The Morgan fingerprint density at radius 3 is 2.57 bits per heavy atom. The number of hydrogen-bond donors (Lipinski definition) is 2. The van der Waals surface area contributed by atoms with Crippen LogP contribution in [-0.4, -0.2) is 46.8 Å². The number of hydrogen-bond acceptors (Lipinski definition) is 3. The molecule has 0 aliphatic carbocycles. The fraction of sp³-hybridized carbons (Fsp3) is 0.550. The van der Waals surface area contributed by atoms with E-state index in [4.69, 9.17) is 0 Å². The van der Waals surface area contributed by atoms with Crippen molar-refractivity contribution >= 4 is 17.7 Å². The van der Waals surface area contributed by atoms with E-state index >= 15 is 0 Å². The fourth-order valence-corrected chi connectivity index (χ4v) is 4.08. The smallest absolute Gasteiger partial charge is 0.245 e. The molecule has 0 unspecified atom stereocenters. The molecule has 2 fully saturated rings. The van der Waals surface area contributed by atoms with Crippen molar-refractivity contribution in [3.8, 4) is 0 Å². The van der Waals surface area contributed by atoms with Gasteiger partial charge in [-0.25, -0.2) is 8.78 Å². The highest BCUT2D eigenvalue weighted by atomic mass is 19.1. The maximum absolute atomic E-state index is 13.9. The molecule has 2 N–H and O–H groups in total. The minimum atomic E-state index is -0.941. The van der Waals surface area contributed by atoms with Crippen LogP contribution < -0.4 is 10.6 Å².